The van der Waals surface area contributed by atoms with Crippen LogP contribution in [0, 0.1) is 5.92 Å². The molecular weight excluding hydrogens is 270 g/mol. The Morgan fingerprint density at radius 1 is 1.33 bits per heavy atom. The van der Waals surface area contributed by atoms with Crippen molar-refractivity contribution in [1.82, 2.24) is 5.32 Å². The molecule has 86 valence electrons. The number of halogens is 1. The van der Waals surface area contributed by atoms with Gasteiger partial charge in [0.2, 0.25) is 0 Å². The van der Waals surface area contributed by atoms with Crippen LogP contribution < -0.4 is 5.32 Å². The second-order valence-corrected chi connectivity index (χ2v) is 6.85. The first kappa shape index (κ1) is 13.2. The Bertz CT molecular complexity index is 283. The Balaban J connectivity index is 2.21. The predicted molar refractivity (Wildman–Crippen MR) is 72.5 cm³/mol. The van der Waals surface area contributed by atoms with Crippen molar-refractivity contribution in [3.05, 3.63) is 20.8 Å². The van der Waals surface area contributed by atoms with Crippen LogP contribution in [-0.4, -0.2) is 6.54 Å². The molecule has 3 heteroatoms. The summed E-state index contributed by atoms with van der Waals surface area (Å²) >= 11 is 5.31. The lowest BCUT2D eigenvalue weighted by atomic mass is 10.1. The minimum Gasteiger partial charge on any atom is -0.309 e. The quantitative estimate of drug-likeness (QED) is 0.755. The van der Waals surface area contributed by atoms with E-state index in [4.69, 9.17) is 0 Å². The molecule has 0 aliphatic carbocycles. The lowest BCUT2D eigenvalue weighted by Gasteiger charge is -2.12. The first-order valence-electron chi connectivity index (χ1n) is 5.58. The Kier molecular flexibility index (Phi) is 5.87. The van der Waals surface area contributed by atoms with Gasteiger partial charge in [-0.15, -0.1) is 11.3 Å². The van der Waals surface area contributed by atoms with E-state index in [0.717, 1.165) is 12.5 Å². The second kappa shape index (κ2) is 6.66. The Morgan fingerprint density at radius 3 is 2.60 bits per heavy atom. The first-order chi connectivity index (χ1) is 7.09. The Hall–Kier alpha value is 0.140. The van der Waals surface area contributed by atoms with Crippen LogP contribution in [0.15, 0.2) is 15.9 Å². The van der Waals surface area contributed by atoms with Crippen LogP contribution in [-0.2, 0) is 0 Å². The van der Waals surface area contributed by atoms with Gasteiger partial charge in [-0.25, -0.2) is 0 Å². The molecule has 1 unspecified atom stereocenters. The number of nitrogens with one attached hydrogen (secondary N) is 1. The Morgan fingerprint density at radius 2 is 2.07 bits per heavy atom. The van der Waals surface area contributed by atoms with Gasteiger partial charge in [0.1, 0.15) is 0 Å². The molecule has 0 amide bonds. The van der Waals surface area contributed by atoms with Gasteiger partial charge in [0.05, 0.1) is 3.79 Å². The van der Waals surface area contributed by atoms with E-state index in [0.29, 0.717) is 6.04 Å². The maximum absolute atomic E-state index is 3.56. The van der Waals surface area contributed by atoms with Crippen LogP contribution >= 0.6 is 27.3 Å². The third kappa shape index (κ3) is 5.14. The van der Waals surface area contributed by atoms with E-state index in [1.54, 1.807) is 0 Å². The molecular formula is C12H20BrNS. The molecule has 1 nitrogen and oxygen atoms in total. The van der Waals surface area contributed by atoms with E-state index < -0.39 is 0 Å². The van der Waals surface area contributed by atoms with Crippen LogP contribution in [0.25, 0.3) is 0 Å². The van der Waals surface area contributed by atoms with Gasteiger partial charge in [-0.2, -0.15) is 0 Å². The molecule has 0 saturated heterocycles. The zero-order valence-electron chi connectivity index (χ0n) is 9.72. The fourth-order valence-corrected chi connectivity index (χ4v) is 2.94. The molecule has 1 heterocycles. The van der Waals surface area contributed by atoms with Crippen molar-refractivity contribution in [3.63, 3.8) is 0 Å². The third-order valence-electron chi connectivity index (χ3n) is 2.43. The van der Waals surface area contributed by atoms with Crippen LogP contribution in [0.1, 0.15) is 44.5 Å². The first-order valence-corrected chi connectivity index (χ1v) is 7.19. The fraction of sp³-hybridized carbons (Fsp3) is 0.667. The molecule has 0 aromatic carbocycles. The highest BCUT2D eigenvalue weighted by Gasteiger charge is 2.06. The minimum absolute atomic E-state index is 0.480. The predicted octanol–water partition coefficient (Wildman–Crippen LogP) is 4.60. The molecule has 1 aromatic rings. The second-order valence-electron chi connectivity index (χ2n) is 4.35. The average molecular weight is 290 g/mol. The van der Waals surface area contributed by atoms with Crippen molar-refractivity contribution in [3.8, 4) is 0 Å². The van der Waals surface area contributed by atoms with Crippen LogP contribution in [0.2, 0.25) is 0 Å². The maximum Gasteiger partial charge on any atom is 0.0701 e. The highest BCUT2D eigenvalue weighted by molar-refractivity contribution is 9.11. The van der Waals surface area contributed by atoms with Gasteiger partial charge in [0.15, 0.2) is 0 Å². The molecule has 1 N–H and O–H groups in total. The van der Waals surface area contributed by atoms with Crippen LogP contribution in [0.3, 0.4) is 0 Å². The van der Waals surface area contributed by atoms with Gasteiger partial charge in [-0.1, -0.05) is 13.8 Å². The van der Waals surface area contributed by atoms with Crippen LogP contribution in [0.5, 0.6) is 0 Å². The fourth-order valence-electron chi connectivity index (χ4n) is 1.49. The summed E-state index contributed by atoms with van der Waals surface area (Å²) in [5.41, 5.74) is 0. The van der Waals surface area contributed by atoms with Crippen molar-refractivity contribution in [1.29, 1.82) is 0 Å². The van der Waals surface area contributed by atoms with Gasteiger partial charge < -0.3 is 5.32 Å². The summed E-state index contributed by atoms with van der Waals surface area (Å²) in [6.45, 7) is 7.90. The summed E-state index contributed by atoms with van der Waals surface area (Å²) in [4.78, 5) is 1.41. The van der Waals surface area contributed by atoms with Gasteiger partial charge in [0, 0.05) is 10.9 Å². The molecule has 0 aliphatic heterocycles. The van der Waals surface area contributed by atoms with Gasteiger partial charge >= 0.3 is 0 Å². The van der Waals surface area contributed by atoms with E-state index in [1.807, 2.05) is 11.3 Å². The molecule has 15 heavy (non-hydrogen) atoms. The highest BCUT2D eigenvalue weighted by Crippen LogP contribution is 2.26. The molecule has 0 radical (unpaired) electrons. The van der Waals surface area contributed by atoms with Crippen molar-refractivity contribution in [2.45, 2.75) is 39.7 Å². The van der Waals surface area contributed by atoms with Crippen molar-refractivity contribution in [2.24, 2.45) is 5.92 Å². The highest BCUT2D eigenvalue weighted by atomic mass is 79.9. The summed E-state index contributed by atoms with van der Waals surface area (Å²) in [5.74, 6) is 0.818. The normalized spacial score (nSPS) is 13.4. The molecule has 0 fully saturated rings. The van der Waals surface area contributed by atoms with E-state index in [9.17, 15) is 0 Å². The largest absolute Gasteiger partial charge is 0.309 e. The van der Waals surface area contributed by atoms with Crippen molar-refractivity contribution in [2.75, 3.05) is 6.54 Å². The van der Waals surface area contributed by atoms with Crippen molar-refractivity contribution < 1.29 is 0 Å². The molecule has 0 spiro atoms. The number of thiophene rings is 1. The summed E-state index contributed by atoms with van der Waals surface area (Å²) in [6.07, 6.45) is 2.59. The summed E-state index contributed by atoms with van der Waals surface area (Å²) < 4.78 is 1.22. The molecule has 1 aromatic heterocycles. The molecule has 0 bridgehead atoms. The summed E-state index contributed by atoms with van der Waals surface area (Å²) in [6, 6.07) is 4.79. The van der Waals surface area contributed by atoms with E-state index >= 15 is 0 Å². The summed E-state index contributed by atoms with van der Waals surface area (Å²) in [5, 5.41) is 3.56. The number of rotatable bonds is 6. The minimum atomic E-state index is 0.480. The van der Waals surface area contributed by atoms with Gasteiger partial charge in [-0.05, 0) is 60.3 Å². The topological polar surface area (TPSA) is 12.0 Å². The zero-order valence-corrected chi connectivity index (χ0v) is 12.1. The van der Waals surface area contributed by atoms with Gasteiger partial charge in [0.25, 0.3) is 0 Å². The lowest BCUT2D eigenvalue weighted by molar-refractivity contribution is 0.500. The van der Waals surface area contributed by atoms with Gasteiger partial charge in [-0.3, -0.25) is 0 Å². The maximum atomic E-state index is 3.56. The number of hydrogen-bond acceptors (Lipinski definition) is 2. The standard InChI is InChI=1S/C12H20BrNS/c1-9(2)5-4-8-14-10(3)11-6-7-12(13)15-11/h6-7,9-10,14H,4-5,8H2,1-3H3. The van der Waals surface area contributed by atoms with Crippen LogP contribution in [0.4, 0.5) is 0 Å². The molecule has 0 aliphatic rings. The summed E-state index contributed by atoms with van der Waals surface area (Å²) in [7, 11) is 0. The molecule has 0 saturated carbocycles. The van der Waals surface area contributed by atoms with Crippen molar-refractivity contribution >= 4 is 27.3 Å². The zero-order chi connectivity index (χ0) is 11.3. The average Bonchev–Trinajstić information content (AvgIpc) is 2.59. The molecule has 1 atom stereocenters. The van der Waals surface area contributed by atoms with E-state index in [-0.39, 0.29) is 0 Å². The lowest BCUT2D eigenvalue weighted by Crippen LogP contribution is -2.19. The third-order valence-corrected chi connectivity index (χ3v) is 4.24. The monoisotopic (exact) mass is 289 g/mol. The SMILES string of the molecule is CC(C)CCCNC(C)c1ccc(Br)s1. The molecule has 1 rings (SSSR count). The Labute approximate surface area is 105 Å². The number of hydrogen-bond donors (Lipinski definition) is 1. The van der Waals surface area contributed by atoms with E-state index in [2.05, 4.69) is 54.2 Å². The smallest absolute Gasteiger partial charge is 0.0701 e. The van der Waals surface area contributed by atoms with E-state index in [1.165, 1.54) is 21.5 Å².